The molecule has 1 heterocycles. The molecule has 1 aromatic heterocycles. The molecule has 1 atom stereocenters. The maximum absolute atomic E-state index is 4.30. The summed E-state index contributed by atoms with van der Waals surface area (Å²) in [6, 6.07) is 0.501. The van der Waals surface area contributed by atoms with Crippen LogP contribution in [0.5, 0.6) is 0 Å². The molecule has 0 radical (unpaired) electrons. The Morgan fingerprint density at radius 1 is 1.25 bits per heavy atom. The summed E-state index contributed by atoms with van der Waals surface area (Å²) in [4.78, 5) is 4.30. The van der Waals surface area contributed by atoms with Crippen molar-refractivity contribution in [1.82, 2.24) is 14.9 Å². The average Bonchev–Trinajstić information content (AvgIpc) is 2.58. The molecule has 0 fully saturated rings. The number of rotatable bonds is 6. The lowest BCUT2D eigenvalue weighted by Gasteiger charge is -2.24. The molecule has 1 rings (SSSR count). The van der Waals surface area contributed by atoms with Crippen molar-refractivity contribution >= 4 is 0 Å². The maximum Gasteiger partial charge on any atom is 0.105 e. The van der Waals surface area contributed by atoms with Crippen LogP contribution in [0.4, 0.5) is 0 Å². The van der Waals surface area contributed by atoms with Gasteiger partial charge in [0.1, 0.15) is 5.82 Å². The minimum atomic E-state index is 0.501. The minimum Gasteiger partial charge on any atom is -0.331 e. The van der Waals surface area contributed by atoms with Crippen molar-refractivity contribution < 1.29 is 0 Å². The van der Waals surface area contributed by atoms with Crippen molar-refractivity contribution in [3.05, 3.63) is 18.2 Å². The summed E-state index contributed by atoms with van der Waals surface area (Å²) < 4.78 is 2.28. The van der Waals surface area contributed by atoms with Gasteiger partial charge in [0.25, 0.3) is 0 Å². The van der Waals surface area contributed by atoms with E-state index in [0.717, 1.165) is 18.9 Å². The number of nitrogens with one attached hydrogen (secondary N) is 1. The molecular weight excluding hydrogens is 198 g/mol. The second-order valence-electron chi connectivity index (χ2n) is 5.25. The van der Waals surface area contributed by atoms with Crippen molar-refractivity contribution in [1.29, 1.82) is 0 Å². The molecule has 92 valence electrons. The Balaban J connectivity index is 2.59. The SMILES string of the molecule is Cc1nccn1C(CNCC(C)C)C(C)C. The molecule has 1 N–H and O–H groups in total. The fraction of sp³-hybridized carbons (Fsp3) is 0.769. The van der Waals surface area contributed by atoms with E-state index in [1.54, 1.807) is 0 Å². The third-order valence-electron chi connectivity index (χ3n) is 2.90. The molecule has 0 aliphatic carbocycles. The number of nitrogens with zero attached hydrogens (tertiary/aromatic N) is 2. The molecule has 0 aliphatic heterocycles. The van der Waals surface area contributed by atoms with E-state index in [9.17, 15) is 0 Å². The van der Waals surface area contributed by atoms with Crippen molar-refractivity contribution in [3.63, 3.8) is 0 Å². The van der Waals surface area contributed by atoms with Crippen LogP contribution in [0.2, 0.25) is 0 Å². The molecule has 1 unspecified atom stereocenters. The van der Waals surface area contributed by atoms with E-state index in [0.29, 0.717) is 17.9 Å². The molecule has 0 aromatic carbocycles. The summed E-state index contributed by atoms with van der Waals surface area (Å²) in [6.07, 6.45) is 3.96. The van der Waals surface area contributed by atoms with E-state index in [4.69, 9.17) is 0 Å². The first-order valence-electron chi connectivity index (χ1n) is 6.22. The fourth-order valence-corrected chi connectivity index (χ4v) is 1.91. The number of hydrogen-bond acceptors (Lipinski definition) is 2. The van der Waals surface area contributed by atoms with Gasteiger partial charge in [-0.15, -0.1) is 0 Å². The molecule has 3 heteroatoms. The van der Waals surface area contributed by atoms with Gasteiger partial charge in [-0.1, -0.05) is 27.7 Å². The summed E-state index contributed by atoms with van der Waals surface area (Å²) in [6.45, 7) is 13.2. The Hall–Kier alpha value is -0.830. The first-order valence-corrected chi connectivity index (χ1v) is 6.22. The third kappa shape index (κ3) is 3.63. The van der Waals surface area contributed by atoms with Crippen LogP contribution in [0.3, 0.4) is 0 Å². The first-order chi connectivity index (χ1) is 7.52. The fourth-order valence-electron chi connectivity index (χ4n) is 1.91. The largest absolute Gasteiger partial charge is 0.331 e. The topological polar surface area (TPSA) is 29.9 Å². The van der Waals surface area contributed by atoms with Crippen LogP contribution < -0.4 is 5.32 Å². The van der Waals surface area contributed by atoms with Crippen LogP contribution in [-0.2, 0) is 0 Å². The number of aryl methyl sites for hydroxylation is 1. The minimum absolute atomic E-state index is 0.501. The van der Waals surface area contributed by atoms with Gasteiger partial charge in [-0.2, -0.15) is 0 Å². The zero-order chi connectivity index (χ0) is 12.1. The van der Waals surface area contributed by atoms with Crippen LogP contribution in [0, 0.1) is 18.8 Å². The van der Waals surface area contributed by atoms with Crippen LogP contribution in [0.25, 0.3) is 0 Å². The smallest absolute Gasteiger partial charge is 0.105 e. The number of hydrogen-bond donors (Lipinski definition) is 1. The number of aromatic nitrogens is 2. The van der Waals surface area contributed by atoms with E-state index in [1.807, 2.05) is 6.20 Å². The maximum atomic E-state index is 4.30. The zero-order valence-electron chi connectivity index (χ0n) is 11.2. The molecule has 0 bridgehead atoms. The molecule has 0 spiro atoms. The first kappa shape index (κ1) is 13.2. The highest BCUT2D eigenvalue weighted by Gasteiger charge is 2.16. The van der Waals surface area contributed by atoms with E-state index in [1.165, 1.54) is 0 Å². The monoisotopic (exact) mass is 223 g/mol. The van der Waals surface area contributed by atoms with Crippen molar-refractivity contribution in [3.8, 4) is 0 Å². The summed E-state index contributed by atoms with van der Waals surface area (Å²) in [5.41, 5.74) is 0. The van der Waals surface area contributed by atoms with Crippen LogP contribution in [0.1, 0.15) is 39.6 Å². The van der Waals surface area contributed by atoms with E-state index < -0.39 is 0 Å². The van der Waals surface area contributed by atoms with E-state index in [2.05, 4.69) is 55.7 Å². The van der Waals surface area contributed by atoms with Crippen molar-refractivity contribution in [2.75, 3.05) is 13.1 Å². The lowest BCUT2D eigenvalue weighted by atomic mass is 10.0. The summed E-state index contributed by atoms with van der Waals surface area (Å²) in [5, 5.41) is 3.53. The lowest BCUT2D eigenvalue weighted by molar-refractivity contribution is 0.344. The Morgan fingerprint density at radius 3 is 2.38 bits per heavy atom. The summed E-state index contributed by atoms with van der Waals surface area (Å²) in [7, 11) is 0. The average molecular weight is 223 g/mol. The normalized spacial score (nSPS) is 13.7. The highest BCUT2D eigenvalue weighted by atomic mass is 15.1. The van der Waals surface area contributed by atoms with Gasteiger partial charge in [-0.05, 0) is 25.3 Å². The molecule has 0 amide bonds. The molecular formula is C13H25N3. The molecule has 3 nitrogen and oxygen atoms in total. The predicted molar refractivity (Wildman–Crippen MR) is 68.5 cm³/mol. The van der Waals surface area contributed by atoms with Gasteiger partial charge in [-0.3, -0.25) is 0 Å². The molecule has 0 saturated heterocycles. The number of imidazole rings is 1. The molecule has 0 aliphatic rings. The second-order valence-corrected chi connectivity index (χ2v) is 5.25. The lowest BCUT2D eigenvalue weighted by Crippen LogP contribution is -2.31. The molecule has 1 aromatic rings. The van der Waals surface area contributed by atoms with Gasteiger partial charge < -0.3 is 9.88 Å². The van der Waals surface area contributed by atoms with Crippen molar-refractivity contribution in [2.24, 2.45) is 11.8 Å². The Kier molecular flexibility index (Phi) is 5.00. The van der Waals surface area contributed by atoms with Gasteiger partial charge >= 0.3 is 0 Å². The van der Waals surface area contributed by atoms with Crippen molar-refractivity contribution in [2.45, 2.75) is 40.7 Å². The third-order valence-corrected chi connectivity index (χ3v) is 2.90. The highest BCUT2D eigenvalue weighted by Crippen LogP contribution is 2.18. The second kappa shape index (κ2) is 6.04. The van der Waals surface area contributed by atoms with Crippen LogP contribution >= 0.6 is 0 Å². The Labute approximate surface area is 99.3 Å². The van der Waals surface area contributed by atoms with Crippen LogP contribution in [0.15, 0.2) is 12.4 Å². The Morgan fingerprint density at radius 2 is 1.94 bits per heavy atom. The van der Waals surface area contributed by atoms with Gasteiger partial charge in [0.15, 0.2) is 0 Å². The Bertz CT molecular complexity index is 302. The van der Waals surface area contributed by atoms with Crippen LogP contribution in [-0.4, -0.2) is 22.6 Å². The van der Waals surface area contributed by atoms with Gasteiger partial charge in [0.2, 0.25) is 0 Å². The summed E-state index contributed by atoms with van der Waals surface area (Å²) >= 11 is 0. The zero-order valence-corrected chi connectivity index (χ0v) is 11.2. The highest BCUT2D eigenvalue weighted by molar-refractivity contribution is 4.93. The standard InChI is InChI=1S/C13H25N3/c1-10(2)8-14-9-13(11(3)4)16-7-6-15-12(16)5/h6-7,10-11,13-14H,8-9H2,1-5H3. The summed E-state index contributed by atoms with van der Waals surface area (Å²) in [5.74, 6) is 2.43. The van der Waals surface area contributed by atoms with Gasteiger partial charge in [0.05, 0.1) is 0 Å². The van der Waals surface area contributed by atoms with Gasteiger partial charge in [0, 0.05) is 25.0 Å². The van der Waals surface area contributed by atoms with E-state index in [-0.39, 0.29) is 0 Å². The van der Waals surface area contributed by atoms with E-state index >= 15 is 0 Å². The molecule has 16 heavy (non-hydrogen) atoms. The van der Waals surface area contributed by atoms with Gasteiger partial charge in [-0.25, -0.2) is 4.98 Å². The quantitative estimate of drug-likeness (QED) is 0.803. The molecule has 0 saturated carbocycles. The predicted octanol–water partition coefficient (Wildman–Crippen LogP) is 2.63.